The lowest BCUT2D eigenvalue weighted by Crippen LogP contribution is -2.30. The third-order valence-electron chi connectivity index (χ3n) is 2.67. The summed E-state index contributed by atoms with van der Waals surface area (Å²) in [7, 11) is 1.91. The number of unbranched alkanes of at least 4 members (excludes halogenated alkanes) is 2. The third-order valence-corrected chi connectivity index (χ3v) is 2.67. The molecular formula is C16H40N2O. The molecule has 1 unspecified atom stereocenters. The molecule has 120 valence electrons. The van der Waals surface area contributed by atoms with E-state index in [0.717, 1.165) is 25.9 Å². The standard InChI is InChI=1S/C9H20N2O.C5H12.2CH4/c1-4-8(2)9(12)11-7-5-6-10-3;1-3-5-4-2;;/h8,10H,4-7H2,1-3H3,(H,11,12);3-5H2,1-2H3;2*1H4. The van der Waals surface area contributed by atoms with Gasteiger partial charge in [0.15, 0.2) is 0 Å². The van der Waals surface area contributed by atoms with E-state index in [0.29, 0.717) is 0 Å². The minimum absolute atomic E-state index is 0. The Kier molecular flexibility index (Phi) is 32.0. The van der Waals surface area contributed by atoms with Crippen LogP contribution in [-0.2, 0) is 4.79 Å². The average molecular weight is 277 g/mol. The van der Waals surface area contributed by atoms with Crippen LogP contribution in [0.1, 0.15) is 74.7 Å². The number of amides is 1. The first-order chi connectivity index (χ1) is 8.13. The van der Waals surface area contributed by atoms with Gasteiger partial charge in [0, 0.05) is 12.5 Å². The van der Waals surface area contributed by atoms with E-state index in [1.54, 1.807) is 0 Å². The smallest absolute Gasteiger partial charge is 0.222 e. The lowest BCUT2D eigenvalue weighted by Gasteiger charge is -2.09. The Labute approximate surface area is 122 Å². The largest absolute Gasteiger partial charge is 0.356 e. The summed E-state index contributed by atoms with van der Waals surface area (Å²) in [5.41, 5.74) is 0. The maximum atomic E-state index is 11.2. The molecule has 1 atom stereocenters. The van der Waals surface area contributed by atoms with E-state index >= 15 is 0 Å². The zero-order valence-electron chi connectivity index (χ0n) is 12.4. The predicted molar refractivity (Wildman–Crippen MR) is 89.7 cm³/mol. The normalized spacial score (nSPS) is 10.2. The van der Waals surface area contributed by atoms with Gasteiger partial charge in [0.25, 0.3) is 0 Å². The third kappa shape index (κ3) is 23.0. The van der Waals surface area contributed by atoms with Crippen LogP contribution in [0.15, 0.2) is 0 Å². The van der Waals surface area contributed by atoms with Crippen molar-refractivity contribution in [2.45, 2.75) is 74.7 Å². The first-order valence-corrected chi connectivity index (χ1v) is 7.06. The van der Waals surface area contributed by atoms with Crippen LogP contribution in [-0.4, -0.2) is 26.0 Å². The lowest BCUT2D eigenvalue weighted by molar-refractivity contribution is -0.124. The molecule has 0 saturated heterocycles. The predicted octanol–water partition coefficient (Wildman–Crippen LogP) is 4.23. The second kappa shape index (κ2) is 22.6. The average Bonchev–Trinajstić information content (AvgIpc) is 2.35. The first kappa shape index (κ1) is 26.9. The Hall–Kier alpha value is -0.570. The summed E-state index contributed by atoms with van der Waals surface area (Å²) in [6.45, 7) is 10.1. The van der Waals surface area contributed by atoms with Crippen molar-refractivity contribution in [3.05, 3.63) is 0 Å². The van der Waals surface area contributed by atoms with Gasteiger partial charge in [-0.05, 0) is 26.4 Å². The molecule has 0 aromatic rings. The molecule has 0 bridgehead atoms. The topological polar surface area (TPSA) is 41.1 Å². The molecule has 0 aliphatic carbocycles. The highest BCUT2D eigenvalue weighted by molar-refractivity contribution is 5.78. The van der Waals surface area contributed by atoms with Gasteiger partial charge in [0.05, 0.1) is 0 Å². The minimum atomic E-state index is 0. The van der Waals surface area contributed by atoms with Gasteiger partial charge in [-0.2, -0.15) is 0 Å². The molecule has 0 saturated carbocycles. The van der Waals surface area contributed by atoms with Crippen molar-refractivity contribution >= 4 is 5.91 Å². The van der Waals surface area contributed by atoms with Crippen molar-refractivity contribution in [3.63, 3.8) is 0 Å². The van der Waals surface area contributed by atoms with Gasteiger partial charge in [0.1, 0.15) is 0 Å². The van der Waals surface area contributed by atoms with Crippen LogP contribution in [0, 0.1) is 5.92 Å². The van der Waals surface area contributed by atoms with Crippen LogP contribution in [0.5, 0.6) is 0 Å². The molecule has 0 aliphatic rings. The monoisotopic (exact) mass is 276 g/mol. The number of carbonyl (C=O) groups is 1. The van der Waals surface area contributed by atoms with Gasteiger partial charge < -0.3 is 10.6 Å². The fraction of sp³-hybridized carbons (Fsp3) is 0.938. The van der Waals surface area contributed by atoms with E-state index < -0.39 is 0 Å². The number of carbonyl (C=O) groups excluding carboxylic acids is 1. The highest BCUT2D eigenvalue weighted by Crippen LogP contribution is 1.98. The zero-order chi connectivity index (χ0) is 13.5. The highest BCUT2D eigenvalue weighted by atomic mass is 16.1. The molecule has 2 N–H and O–H groups in total. The second-order valence-corrected chi connectivity index (χ2v) is 4.41. The Morgan fingerprint density at radius 2 is 1.53 bits per heavy atom. The maximum absolute atomic E-state index is 11.2. The minimum Gasteiger partial charge on any atom is -0.356 e. The zero-order valence-corrected chi connectivity index (χ0v) is 12.4. The maximum Gasteiger partial charge on any atom is 0.222 e. The fourth-order valence-electron chi connectivity index (χ4n) is 1.19. The fourth-order valence-corrected chi connectivity index (χ4v) is 1.19. The summed E-state index contributed by atoms with van der Waals surface area (Å²) in [6, 6.07) is 0. The van der Waals surface area contributed by atoms with Crippen molar-refractivity contribution in [1.29, 1.82) is 0 Å². The second-order valence-electron chi connectivity index (χ2n) is 4.41. The summed E-state index contributed by atoms with van der Waals surface area (Å²) in [4.78, 5) is 11.2. The number of hydrogen-bond acceptors (Lipinski definition) is 2. The molecule has 19 heavy (non-hydrogen) atoms. The molecule has 3 nitrogen and oxygen atoms in total. The van der Waals surface area contributed by atoms with Gasteiger partial charge in [-0.25, -0.2) is 0 Å². The summed E-state index contributed by atoms with van der Waals surface area (Å²) in [5.74, 6) is 0.327. The van der Waals surface area contributed by atoms with Gasteiger partial charge >= 0.3 is 0 Å². The van der Waals surface area contributed by atoms with E-state index in [2.05, 4.69) is 24.5 Å². The summed E-state index contributed by atoms with van der Waals surface area (Å²) < 4.78 is 0. The molecule has 0 spiro atoms. The summed E-state index contributed by atoms with van der Waals surface area (Å²) >= 11 is 0. The molecular weight excluding hydrogens is 236 g/mol. The summed E-state index contributed by atoms with van der Waals surface area (Å²) in [5, 5.41) is 5.92. The SMILES string of the molecule is C.C.CCC(C)C(=O)NCCCNC.CCCCC. The van der Waals surface area contributed by atoms with E-state index in [9.17, 15) is 4.79 Å². The highest BCUT2D eigenvalue weighted by Gasteiger charge is 2.08. The Morgan fingerprint density at radius 3 is 1.84 bits per heavy atom. The van der Waals surface area contributed by atoms with Crippen molar-refractivity contribution < 1.29 is 4.79 Å². The van der Waals surface area contributed by atoms with Crippen LogP contribution in [0.4, 0.5) is 0 Å². The Morgan fingerprint density at radius 1 is 1.00 bits per heavy atom. The van der Waals surface area contributed by atoms with Crippen LogP contribution >= 0.6 is 0 Å². The number of rotatable bonds is 8. The van der Waals surface area contributed by atoms with E-state index in [4.69, 9.17) is 0 Å². The molecule has 0 radical (unpaired) electrons. The van der Waals surface area contributed by atoms with Gasteiger partial charge in [-0.15, -0.1) is 0 Å². The quantitative estimate of drug-likeness (QED) is 0.651. The van der Waals surface area contributed by atoms with Gasteiger partial charge in [0.2, 0.25) is 5.91 Å². The van der Waals surface area contributed by atoms with Crippen molar-refractivity contribution in [2.75, 3.05) is 20.1 Å². The van der Waals surface area contributed by atoms with Crippen LogP contribution < -0.4 is 10.6 Å². The van der Waals surface area contributed by atoms with Crippen LogP contribution in [0.2, 0.25) is 0 Å². The van der Waals surface area contributed by atoms with E-state index in [1.807, 2.05) is 20.9 Å². The number of nitrogens with one attached hydrogen (secondary N) is 2. The Balaban J connectivity index is -0.000000139. The molecule has 1 amide bonds. The van der Waals surface area contributed by atoms with Crippen LogP contribution in [0.3, 0.4) is 0 Å². The first-order valence-electron chi connectivity index (χ1n) is 7.06. The number of hydrogen-bond donors (Lipinski definition) is 2. The molecule has 0 fully saturated rings. The molecule has 0 aromatic heterocycles. The van der Waals surface area contributed by atoms with E-state index in [-0.39, 0.29) is 26.7 Å². The van der Waals surface area contributed by atoms with Gasteiger partial charge in [-0.1, -0.05) is 61.8 Å². The van der Waals surface area contributed by atoms with Crippen molar-refractivity contribution in [2.24, 2.45) is 5.92 Å². The van der Waals surface area contributed by atoms with E-state index in [1.165, 1.54) is 19.3 Å². The molecule has 0 rings (SSSR count). The molecule has 3 heteroatoms. The Bertz CT molecular complexity index is 159. The molecule has 0 aliphatic heterocycles. The molecule has 0 aromatic carbocycles. The van der Waals surface area contributed by atoms with Gasteiger partial charge in [-0.3, -0.25) is 4.79 Å². The lowest BCUT2D eigenvalue weighted by atomic mass is 10.1. The molecule has 0 heterocycles. The van der Waals surface area contributed by atoms with Crippen LogP contribution in [0.25, 0.3) is 0 Å². The van der Waals surface area contributed by atoms with Crippen molar-refractivity contribution in [3.8, 4) is 0 Å². The summed E-state index contributed by atoms with van der Waals surface area (Å²) in [6.07, 6.45) is 5.99. The van der Waals surface area contributed by atoms with Crippen molar-refractivity contribution in [1.82, 2.24) is 10.6 Å².